The zero-order valence-electron chi connectivity index (χ0n) is 19.4. The number of aliphatic carboxylic acids is 1. The molecule has 1 aliphatic heterocycles. The van der Waals surface area contributed by atoms with Gasteiger partial charge in [0.15, 0.2) is 0 Å². The summed E-state index contributed by atoms with van der Waals surface area (Å²) in [5.74, 6) is -2.56. The van der Waals surface area contributed by atoms with Crippen molar-refractivity contribution in [3.05, 3.63) is 78.4 Å². The van der Waals surface area contributed by atoms with Gasteiger partial charge >= 0.3 is 5.97 Å². The van der Waals surface area contributed by atoms with E-state index < -0.39 is 35.9 Å². The van der Waals surface area contributed by atoms with Gasteiger partial charge in [-0.3, -0.25) is 14.4 Å². The number of aromatic amines is 1. The molecule has 3 atom stereocenters. The number of carboxylic acid groups (broad SMARTS) is 1. The maximum atomic E-state index is 13.1. The molecule has 10 heteroatoms. The molecule has 0 radical (unpaired) electrons. The first-order valence-electron chi connectivity index (χ1n) is 11.6. The van der Waals surface area contributed by atoms with Gasteiger partial charge in [0.25, 0.3) is 0 Å². The van der Waals surface area contributed by atoms with Crippen molar-refractivity contribution in [1.29, 1.82) is 0 Å². The van der Waals surface area contributed by atoms with Crippen LogP contribution in [0.2, 0.25) is 0 Å². The third-order valence-corrected chi connectivity index (χ3v) is 6.04. The molecule has 2 aromatic carbocycles. The van der Waals surface area contributed by atoms with Crippen LogP contribution in [0.3, 0.4) is 0 Å². The van der Waals surface area contributed by atoms with E-state index in [9.17, 15) is 24.3 Å². The van der Waals surface area contributed by atoms with Crippen molar-refractivity contribution in [2.45, 2.75) is 43.8 Å². The number of imidazole rings is 1. The van der Waals surface area contributed by atoms with Crippen molar-refractivity contribution in [3.8, 4) is 11.1 Å². The molecule has 1 fully saturated rings. The average Bonchev–Trinajstić information content (AvgIpc) is 3.56. The number of carbonyl (C=O) groups is 4. The van der Waals surface area contributed by atoms with E-state index >= 15 is 0 Å². The van der Waals surface area contributed by atoms with Crippen molar-refractivity contribution in [1.82, 2.24) is 25.9 Å². The van der Waals surface area contributed by atoms with Gasteiger partial charge in [-0.1, -0.05) is 54.6 Å². The monoisotopic (exact) mass is 489 g/mol. The van der Waals surface area contributed by atoms with Crippen LogP contribution in [-0.2, 0) is 32.0 Å². The zero-order chi connectivity index (χ0) is 25.5. The molecule has 5 N–H and O–H groups in total. The highest BCUT2D eigenvalue weighted by Gasteiger charge is 2.32. The van der Waals surface area contributed by atoms with E-state index in [1.807, 2.05) is 54.6 Å². The molecule has 1 saturated heterocycles. The summed E-state index contributed by atoms with van der Waals surface area (Å²) in [7, 11) is 0. The Hall–Kier alpha value is -4.47. The molecule has 0 spiro atoms. The number of nitrogens with one attached hydrogen (secondary N) is 4. The van der Waals surface area contributed by atoms with Crippen LogP contribution < -0.4 is 16.0 Å². The SMILES string of the molecule is O=C1CC[C@@H](C(=O)N[C@@H](Cc2cnc[nH]2)C(=O)N[C@@H](Cc2ccc(-c3ccccc3)cc2)C(=O)O)N1. The van der Waals surface area contributed by atoms with E-state index in [2.05, 4.69) is 25.9 Å². The van der Waals surface area contributed by atoms with Crippen LogP contribution in [0.5, 0.6) is 0 Å². The molecular weight excluding hydrogens is 462 g/mol. The Morgan fingerprint density at radius 3 is 2.31 bits per heavy atom. The number of carbonyl (C=O) groups excluding carboxylic acids is 3. The number of nitrogens with zero attached hydrogens (tertiary/aromatic N) is 1. The smallest absolute Gasteiger partial charge is 0.326 e. The molecule has 36 heavy (non-hydrogen) atoms. The lowest BCUT2D eigenvalue weighted by atomic mass is 10.0. The number of hydrogen-bond acceptors (Lipinski definition) is 5. The van der Waals surface area contributed by atoms with E-state index in [4.69, 9.17) is 0 Å². The lowest BCUT2D eigenvalue weighted by molar-refractivity contribution is -0.142. The number of rotatable bonds is 10. The van der Waals surface area contributed by atoms with Gasteiger partial charge in [0.05, 0.1) is 6.33 Å². The number of aromatic nitrogens is 2. The van der Waals surface area contributed by atoms with Crippen molar-refractivity contribution in [2.75, 3.05) is 0 Å². The first-order valence-corrected chi connectivity index (χ1v) is 11.6. The standard InChI is InChI=1S/C26H27N5O5/c32-23-11-10-20(29-23)24(33)30-21(13-19-14-27-15-28-19)25(34)31-22(26(35)36)12-16-6-8-18(9-7-16)17-4-2-1-3-5-17/h1-9,14-15,20-22H,10-13H2,(H,27,28)(H,29,32)(H,30,33)(H,31,34)(H,35,36)/t20-,21-,22-/m0/s1. The second kappa shape index (κ2) is 11.3. The van der Waals surface area contributed by atoms with Gasteiger partial charge in [0, 0.05) is 31.2 Å². The minimum absolute atomic E-state index is 0.0690. The van der Waals surface area contributed by atoms with Gasteiger partial charge in [-0.2, -0.15) is 0 Å². The molecule has 2 heterocycles. The summed E-state index contributed by atoms with van der Waals surface area (Å²) in [6, 6.07) is 14.3. The second-order valence-corrected chi connectivity index (χ2v) is 8.67. The van der Waals surface area contributed by atoms with Crippen LogP contribution in [0.1, 0.15) is 24.1 Å². The molecule has 0 unspecified atom stereocenters. The van der Waals surface area contributed by atoms with E-state index in [0.717, 1.165) is 16.7 Å². The van der Waals surface area contributed by atoms with Crippen LogP contribution >= 0.6 is 0 Å². The summed E-state index contributed by atoms with van der Waals surface area (Å²) in [6.45, 7) is 0. The molecule has 3 amide bonds. The van der Waals surface area contributed by atoms with Crippen molar-refractivity contribution >= 4 is 23.7 Å². The zero-order valence-corrected chi connectivity index (χ0v) is 19.4. The predicted octanol–water partition coefficient (Wildman–Crippen LogP) is 1.19. The van der Waals surface area contributed by atoms with Crippen LogP contribution in [-0.4, -0.2) is 56.9 Å². The molecule has 0 saturated carbocycles. The van der Waals surface area contributed by atoms with E-state index in [0.29, 0.717) is 12.1 Å². The summed E-state index contributed by atoms with van der Waals surface area (Å²) in [5.41, 5.74) is 3.37. The highest BCUT2D eigenvalue weighted by atomic mass is 16.4. The van der Waals surface area contributed by atoms with Gasteiger partial charge in [0.2, 0.25) is 17.7 Å². The molecule has 1 aromatic heterocycles. The predicted molar refractivity (Wildman–Crippen MR) is 131 cm³/mol. The van der Waals surface area contributed by atoms with Crippen molar-refractivity contribution in [3.63, 3.8) is 0 Å². The Labute approximate surface area is 207 Å². The van der Waals surface area contributed by atoms with Crippen molar-refractivity contribution in [2.24, 2.45) is 0 Å². The van der Waals surface area contributed by atoms with Gasteiger partial charge in [-0.05, 0) is 23.1 Å². The van der Waals surface area contributed by atoms with Crippen LogP contribution in [0, 0.1) is 0 Å². The fraction of sp³-hybridized carbons (Fsp3) is 0.269. The maximum absolute atomic E-state index is 13.1. The molecule has 186 valence electrons. The van der Waals surface area contributed by atoms with Crippen molar-refractivity contribution < 1.29 is 24.3 Å². The van der Waals surface area contributed by atoms with E-state index in [-0.39, 0.29) is 25.2 Å². The molecule has 0 bridgehead atoms. The highest BCUT2D eigenvalue weighted by molar-refractivity contribution is 5.95. The second-order valence-electron chi connectivity index (χ2n) is 8.67. The lowest BCUT2D eigenvalue weighted by Crippen LogP contribution is -2.55. The topological polar surface area (TPSA) is 153 Å². The van der Waals surface area contributed by atoms with Crippen LogP contribution in [0.15, 0.2) is 67.1 Å². The molecule has 4 rings (SSSR count). The van der Waals surface area contributed by atoms with Gasteiger partial charge in [-0.15, -0.1) is 0 Å². The molecular formula is C26H27N5O5. The minimum Gasteiger partial charge on any atom is -0.480 e. The fourth-order valence-corrected chi connectivity index (χ4v) is 4.08. The summed E-state index contributed by atoms with van der Waals surface area (Å²) < 4.78 is 0. The Morgan fingerprint density at radius 1 is 0.972 bits per heavy atom. The Morgan fingerprint density at radius 2 is 1.69 bits per heavy atom. The molecule has 3 aromatic rings. The first kappa shape index (κ1) is 24.6. The Bertz CT molecular complexity index is 1210. The Balaban J connectivity index is 1.44. The lowest BCUT2D eigenvalue weighted by Gasteiger charge is -2.22. The van der Waals surface area contributed by atoms with Gasteiger partial charge in [-0.25, -0.2) is 9.78 Å². The van der Waals surface area contributed by atoms with E-state index in [1.54, 1.807) is 0 Å². The average molecular weight is 490 g/mol. The van der Waals surface area contributed by atoms with Crippen LogP contribution in [0.25, 0.3) is 11.1 Å². The number of H-pyrrole nitrogens is 1. The highest BCUT2D eigenvalue weighted by Crippen LogP contribution is 2.20. The number of carboxylic acids is 1. The van der Waals surface area contributed by atoms with Gasteiger partial charge < -0.3 is 26.0 Å². The maximum Gasteiger partial charge on any atom is 0.326 e. The summed E-state index contributed by atoms with van der Waals surface area (Å²) in [6.07, 6.45) is 3.69. The normalized spacial score (nSPS) is 16.6. The number of amides is 3. The third-order valence-electron chi connectivity index (χ3n) is 6.04. The summed E-state index contributed by atoms with van der Waals surface area (Å²) in [4.78, 5) is 56.0. The number of hydrogen-bond donors (Lipinski definition) is 5. The van der Waals surface area contributed by atoms with Gasteiger partial charge in [0.1, 0.15) is 18.1 Å². The number of benzene rings is 2. The summed E-state index contributed by atoms with van der Waals surface area (Å²) in [5, 5.41) is 17.5. The first-order chi connectivity index (χ1) is 17.4. The molecule has 0 aliphatic carbocycles. The minimum atomic E-state index is -1.20. The molecule has 1 aliphatic rings. The van der Waals surface area contributed by atoms with Crippen LogP contribution in [0.4, 0.5) is 0 Å². The molecule has 10 nitrogen and oxygen atoms in total. The Kier molecular flexibility index (Phi) is 7.74. The largest absolute Gasteiger partial charge is 0.480 e. The summed E-state index contributed by atoms with van der Waals surface area (Å²) >= 11 is 0. The van der Waals surface area contributed by atoms with E-state index in [1.165, 1.54) is 12.5 Å². The third kappa shape index (κ3) is 6.35. The fourth-order valence-electron chi connectivity index (χ4n) is 4.08. The quantitative estimate of drug-likeness (QED) is 0.288.